The lowest BCUT2D eigenvalue weighted by Crippen LogP contribution is -2.44. The highest BCUT2D eigenvalue weighted by atomic mass is 127. The molecule has 0 amide bonds. The van der Waals surface area contributed by atoms with Crippen LogP contribution in [-0.4, -0.2) is 50.3 Å². The van der Waals surface area contributed by atoms with Crippen molar-refractivity contribution in [3.8, 4) is 23.8 Å². The number of ether oxygens (including phenoxy) is 2. The third kappa shape index (κ3) is 7.07. The fraction of sp³-hybridized carbons (Fsp3) is 0.391. The number of halogens is 2. The molecule has 2 aromatic rings. The van der Waals surface area contributed by atoms with Gasteiger partial charge in [0.2, 0.25) is 0 Å². The Morgan fingerprint density at radius 1 is 1.38 bits per heavy atom. The van der Waals surface area contributed by atoms with E-state index in [1.165, 1.54) is 0 Å². The highest BCUT2D eigenvalue weighted by Gasteiger charge is 2.25. The predicted molar refractivity (Wildman–Crippen MR) is 141 cm³/mol. The zero-order valence-electron chi connectivity index (χ0n) is 18.3. The molecule has 1 atom stereocenters. The number of methoxy groups -OCH3 is 1. The number of terminal acetylenes is 1. The van der Waals surface area contributed by atoms with Crippen molar-refractivity contribution in [2.75, 3.05) is 38.3 Å². The highest BCUT2D eigenvalue weighted by molar-refractivity contribution is 14.0. The molecule has 2 N–H and O–H groups in total. The van der Waals surface area contributed by atoms with E-state index >= 15 is 0 Å². The van der Waals surface area contributed by atoms with Crippen molar-refractivity contribution in [3.63, 3.8) is 0 Å². The van der Waals surface area contributed by atoms with Crippen LogP contribution in [0.3, 0.4) is 0 Å². The van der Waals surface area contributed by atoms with Crippen molar-refractivity contribution in [1.29, 1.82) is 0 Å². The summed E-state index contributed by atoms with van der Waals surface area (Å²) in [5.74, 6) is 5.33. The summed E-state index contributed by atoms with van der Waals surface area (Å²) < 4.78 is 10.9. The highest BCUT2D eigenvalue weighted by Crippen LogP contribution is 2.28. The van der Waals surface area contributed by atoms with Gasteiger partial charge in [-0.05, 0) is 43.2 Å². The van der Waals surface area contributed by atoms with Crippen molar-refractivity contribution in [3.05, 3.63) is 47.1 Å². The summed E-state index contributed by atoms with van der Waals surface area (Å²) in [6, 6.07) is 9.70. The number of pyridine rings is 1. The number of nitrogens with one attached hydrogen (secondary N) is 2. The summed E-state index contributed by atoms with van der Waals surface area (Å²) in [6.45, 7) is 5.20. The third-order valence-electron chi connectivity index (χ3n) is 4.87. The second kappa shape index (κ2) is 13.2. The molecule has 7 nitrogen and oxygen atoms in total. The first-order valence-electron chi connectivity index (χ1n) is 10.3. The minimum absolute atomic E-state index is 0. The number of hydrogen-bond acceptors (Lipinski definition) is 5. The van der Waals surface area contributed by atoms with Gasteiger partial charge in [0.15, 0.2) is 17.5 Å². The number of benzene rings is 1. The lowest BCUT2D eigenvalue weighted by Gasteiger charge is -2.20. The summed E-state index contributed by atoms with van der Waals surface area (Å²) >= 11 is 6.30. The molecule has 172 valence electrons. The van der Waals surface area contributed by atoms with Gasteiger partial charge >= 0.3 is 0 Å². The maximum Gasteiger partial charge on any atom is 0.191 e. The largest absolute Gasteiger partial charge is 0.493 e. The van der Waals surface area contributed by atoms with E-state index in [0.29, 0.717) is 23.1 Å². The minimum atomic E-state index is 0. The van der Waals surface area contributed by atoms with Crippen LogP contribution in [0.2, 0.25) is 5.02 Å². The number of rotatable bonds is 8. The van der Waals surface area contributed by atoms with E-state index < -0.39 is 0 Å². The van der Waals surface area contributed by atoms with Crippen LogP contribution in [-0.2, 0) is 6.54 Å². The molecular formula is C23H29ClIN5O2. The molecule has 32 heavy (non-hydrogen) atoms. The average molecular weight is 570 g/mol. The lowest BCUT2D eigenvalue weighted by atomic mass is 10.2. The monoisotopic (exact) mass is 569 g/mol. The molecule has 1 aliphatic rings. The van der Waals surface area contributed by atoms with Crippen molar-refractivity contribution < 1.29 is 9.47 Å². The van der Waals surface area contributed by atoms with E-state index in [2.05, 4.69) is 26.4 Å². The molecule has 1 aliphatic heterocycles. The predicted octanol–water partition coefficient (Wildman–Crippen LogP) is 3.71. The Labute approximate surface area is 212 Å². The number of aliphatic imine (C=N–C) groups is 1. The van der Waals surface area contributed by atoms with E-state index in [4.69, 9.17) is 32.5 Å². The maximum atomic E-state index is 6.30. The van der Waals surface area contributed by atoms with Crippen molar-refractivity contribution in [2.45, 2.75) is 25.9 Å². The topological polar surface area (TPSA) is 71.0 Å². The molecule has 1 aromatic heterocycles. The second-order valence-corrected chi connectivity index (χ2v) is 7.47. The third-order valence-corrected chi connectivity index (χ3v) is 5.17. The van der Waals surface area contributed by atoms with E-state index in [1.807, 2.05) is 37.3 Å². The van der Waals surface area contributed by atoms with Gasteiger partial charge in [0.1, 0.15) is 12.4 Å². The zero-order valence-corrected chi connectivity index (χ0v) is 21.4. The Morgan fingerprint density at radius 3 is 2.94 bits per heavy atom. The quantitative estimate of drug-likeness (QED) is 0.219. The summed E-state index contributed by atoms with van der Waals surface area (Å²) in [7, 11) is 1.60. The van der Waals surface area contributed by atoms with Crippen LogP contribution in [0.15, 0.2) is 41.5 Å². The van der Waals surface area contributed by atoms with Crippen LogP contribution in [0.4, 0.5) is 5.82 Å². The van der Waals surface area contributed by atoms with Crippen molar-refractivity contribution in [1.82, 2.24) is 15.6 Å². The summed E-state index contributed by atoms with van der Waals surface area (Å²) in [4.78, 5) is 11.3. The van der Waals surface area contributed by atoms with Crippen LogP contribution in [0.1, 0.15) is 18.9 Å². The fourth-order valence-corrected chi connectivity index (χ4v) is 3.66. The van der Waals surface area contributed by atoms with Crippen molar-refractivity contribution in [2.24, 2.45) is 4.99 Å². The summed E-state index contributed by atoms with van der Waals surface area (Å²) in [5, 5.41) is 7.51. The number of hydrogen-bond donors (Lipinski definition) is 2. The fourth-order valence-electron chi connectivity index (χ4n) is 3.42. The Kier molecular flexibility index (Phi) is 10.7. The van der Waals surface area contributed by atoms with Gasteiger partial charge in [-0.1, -0.05) is 23.6 Å². The summed E-state index contributed by atoms with van der Waals surface area (Å²) in [5.41, 5.74) is 0.998. The lowest BCUT2D eigenvalue weighted by molar-refractivity contribution is 0.330. The second-order valence-electron chi connectivity index (χ2n) is 7.06. The number of anilines is 1. The number of nitrogens with zero attached hydrogens (tertiary/aromatic N) is 3. The number of aromatic nitrogens is 1. The molecule has 3 rings (SSSR count). The van der Waals surface area contributed by atoms with Gasteiger partial charge in [0, 0.05) is 31.9 Å². The molecule has 0 aliphatic carbocycles. The van der Waals surface area contributed by atoms with E-state index in [0.717, 1.165) is 43.4 Å². The average Bonchev–Trinajstić information content (AvgIpc) is 3.24. The van der Waals surface area contributed by atoms with Gasteiger partial charge in [-0.15, -0.1) is 30.4 Å². The van der Waals surface area contributed by atoms with Gasteiger partial charge in [-0.3, -0.25) is 0 Å². The first-order valence-corrected chi connectivity index (χ1v) is 10.7. The zero-order chi connectivity index (χ0) is 22.1. The maximum absolute atomic E-state index is 6.30. The molecule has 0 spiro atoms. The smallest absolute Gasteiger partial charge is 0.191 e. The van der Waals surface area contributed by atoms with Crippen molar-refractivity contribution >= 4 is 47.4 Å². The molecule has 2 heterocycles. The van der Waals surface area contributed by atoms with E-state index in [9.17, 15) is 0 Å². The molecule has 0 radical (unpaired) electrons. The minimum Gasteiger partial charge on any atom is -0.493 e. The first-order chi connectivity index (χ1) is 15.1. The SMILES string of the molecule is C#CCOc1cc(CN=C(NCC)NC2CCN(c3ncccc3Cl)C2)ccc1OC.I. The van der Waals surface area contributed by atoms with E-state index in [-0.39, 0.29) is 36.6 Å². The van der Waals surface area contributed by atoms with Crippen LogP contribution in [0.5, 0.6) is 11.5 Å². The van der Waals surface area contributed by atoms with E-state index in [1.54, 1.807) is 13.3 Å². The van der Waals surface area contributed by atoms with Crippen LogP contribution < -0.4 is 25.0 Å². The molecular weight excluding hydrogens is 541 g/mol. The van der Waals surface area contributed by atoms with Gasteiger partial charge in [-0.25, -0.2) is 9.98 Å². The van der Waals surface area contributed by atoms with Crippen LogP contribution in [0.25, 0.3) is 0 Å². The van der Waals surface area contributed by atoms with Gasteiger partial charge in [0.25, 0.3) is 0 Å². The molecule has 1 unspecified atom stereocenters. The normalized spacial score (nSPS) is 15.5. The van der Waals surface area contributed by atoms with Gasteiger partial charge in [0.05, 0.1) is 18.7 Å². The van der Waals surface area contributed by atoms with Gasteiger partial charge < -0.3 is 25.0 Å². The summed E-state index contributed by atoms with van der Waals surface area (Å²) in [6.07, 6.45) is 8.05. The Morgan fingerprint density at radius 2 is 2.22 bits per heavy atom. The molecule has 9 heteroatoms. The first kappa shape index (κ1) is 25.9. The Bertz CT molecular complexity index is 950. The Balaban J connectivity index is 0.00000363. The Hall–Kier alpha value is -2.38. The van der Waals surface area contributed by atoms with Gasteiger partial charge in [-0.2, -0.15) is 0 Å². The number of guanidine groups is 1. The molecule has 0 saturated carbocycles. The van der Waals surface area contributed by atoms with Crippen LogP contribution in [0, 0.1) is 12.3 Å². The standard InChI is InChI=1S/C23H28ClN5O2.HI/c1-4-13-31-21-14-17(8-9-20(21)30-3)15-27-23(25-5-2)28-18-10-12-29(16-18)22-19(24)7-6-11-26-22;/h1,6-9,11,14,18H,5,10,12-13,15-16H2,2-3H3,(H2,25,27,28);1H. The molecule has 0 bridgehead atoms. The van der Waals surface area contributed by atoms with Crippen LogP contribution >= 0.6 is 35.6 Å². The molecule has 1 saturated heterocycles. The molecule has 1 fully saturated rings. The molecule has 1 aromatic carbocycles.